The van der Waals surface area contributed by atoms with Crippen molar-refractivity contribution in [2.24, 2.45) is 5.92 Å². The van der Waals surface area contributed by atoms with Crippen LogP contribution in [0, 0.1) is 5.92 Å². The maximum Gasteiger partial charge on any atom is 0.321 e. The molecule has 0 spiro atoms. The molecule has 0 aromatic heterocycles. The molecule has 130 valence electrons. The molecule has 0 unspecified atom stereocenters. The van der Waals surface area contributed by atoms with Crippen LogP contribution in [-0.4, -0.2) is 24.0 Å². The molecule has 1 fully saturated rings. The molecule has 1 N–H and O–H groups in total. The van der Waals surface area contributed by atoms with E-state index in [4.69, 9.17) is 0 Å². The minimum absolute atomic E-state index is 0.0125. The van der Waals surface area contributed by atoms with Crippen molar-refractivity contribution in [1.82, 2.24) is 10.2 Å². The molecule has 1 saturated heterocycles. The van der Waals surface area contributed by atoms with Crippen molar-refractivity contribution in [2.75, 3.05) is 13.1 Å². The van der Waals surface area contributed by atoms with E-state index >= 15 is 0 Å². The summed E-state index contributed by atoms with van der Waals surface area (Å²) < 4.78 is 1.02. The van der Waals surface area contributed by atoms with E-state index in [1.54, 1.807) is 6.20 Å². The third-order valence-electron chi connectivity index (χ3n) is 4.64. The molecular formula is C21H23BrN2O. The van der Waals surface area contributed by atoms with Gasteiger partial charge in [0, 0.05) is 23.8 Å². The van der Waals surface area contributed by atoms with Crippen LogP contribution < -0.4 is 5.32 Å². The highest BCUT2D eigenvalue weighted by atomic mass is 79.9. The highest BCUT2D eigenvalue weighted by Gasteiger charge is 2.22. The number of likely N-dealkylation sites (tertiary alicyclic amines) is 1. The third-order valence-corrected chi connectivity index (χ3v) is 5.37. The monoisotopic (exact) mass is 398 g/mol. The van der Waals surface area contributed by atoms with E-state index in [1.807, 2.05) is 35.2 Å². The fourth-order valence-electron chi connectivity index (χ4n) is 3.19. The Hall–Kier alpha value is -2.07. The number of amides is 2. The van der Waals surface area contributed by atoms with Crippen LogP contribution in [0.25, 0.3) is 6.08 Å². The Morgan fingerprint density at radius 3 is 2.48 bits per heavy atom. The van der Waals surface area contributed by atoms with E-state index in [9.17, 15) is 4.79 Å². The van der Waals surface area contributed by atoms with Crippen LogP contribution >= 0.6 is 15.9 Å². The van der Waals surface area contributed by atoms with Crippen molar-refractivity contribution >= 4 is 28.0 Å². The lowest BCUT2D eigenvalue weighted by molar-refractivity contribution is 0.173. The largest absolute Gasteiger partial charge is 0.325 e. The number of hydrogen-bond acceptors (Lipinski definition) is 1. The number of rotatable bonds is 4. The Labute approximate surface area is 157 Å². The fourth-order valence-corrected chi connectivity index (χ4v) is 3.61. The lowest BCUT2D eigenvalue weighted by Crippen LogP contribution is -2.43. The van der Waals surface area contributed by atoms with Crippen molar-refractivity contribution in [2.45, 2.75) is 19.3 Å². The number of benzene rings is 2. The van der Waals surface area contributed by atoms with Crippen LogP contribution in [0.15, 0.2) is 65.3 Å². The number of nitrogens with one attached hydrogen (secondary N) is 1. The summed E-state index contributed by atoms with van der Waals surface area (Å²) in [6.07, 6.45) is 6.87. The maximum absolute atomic E-state index is 12.3. The van der Waals surface area contributed by atoms with Gasteiger partial charge in [-0.1, -0.05) is 64.5 Å². The molecule has 0 saturated carbocycles. The van der Waals surface area contributed by atoms with Gasteiger partial charge in [-0.2, -0.15) is 0 Å². The van der Waals surface area contributed by atoms with Crippen molar-refractivity contribution in [3.05, 3.63) is 76.4 Å². The molecule has 1 heterocycles. The molecule has 0 atom stereocenters. The minimum Gasteiger partial charge on any atom is -0.325 e. The van der Waals surface area contributed by atoms with Crippen LogP contribution in [0.3, 0.4) is 0 Å². The lowest BCUT2D eigenvalue weighted by atomic mass is 9.90. The molecule has 2 aromatic rings. The quantitative estimate of drug-likeness (QED) is 0.764. The molecular weight excluding hydrogens is 376 g/mol. The van der Waals surface area contributed by atoms with Crippen molar-refractivity contribution in [3.63, 3.8) is 0 Å². The summed E-state index contributed by atoms with van der Waals surface area (Å²) in [6, 6.07) is 18.5. The van der Waals surface area contributed by atoms with Gasteiger partial charge in [-0.3, -0.25) is 0 Å². The first-order chi connectivity index (χ1) is 12.2. The van der Waals surface area contributed by atoms with E-state index in [1.165, 1.54) is 5.56 Å². The normalized spacial score (nSPS) is 15.5. The van der Waals surface area contributed by atoms with Crippen LogP contribution in [0.5, 0.6) is 0 Å². The van der Waals surface area contributed by atoms with Gasteiger partial charge in [0.1, 0.15) is 0 Å². The highest BCUT2D eigenvalue weighted by molar-refractivity contribution is 9.10. The van der Waals surface area contributed by atoms with Crippen molar-refractivity contribution in [3.8, 4) is 0 Å². The molecule has 0 bridgehead atoms. The molecule has 2 amide bonds. The Kier molecular flexibility index (Phi) is 6.29. The number of urea groups is 1. The van der Waals surface area contributed by atoms with E-state index in [-0.39, 0.29) is 6.03 Å². The SMILES string of the molecule is O=C(N/C=C/c1ccccc1Br)N1CCC(Cc2ccccc2)CC1. The second kappa shape index (κ2) is 8.86. The minimum atomic E-state index is -0.0125. The van der Waals surface area contributed by atoms with Gasteiger partial charge in [0.2, 0.25) is 0 Å². The van der Waals surface area contributed by atoms with Crippen LogP contribution in [0.2, 0.25) is 0 Å². The van der Waals surface area contributed by atoms with Gasteiger partial charge in [0.25, 0.3) is 0 Å². The summed E-state index contributed by atoms with van der Waals surface area (Å²) in [4.78, 5) is 14.2. The zero-order chi connectivity index (χ0) is 17.5. The van der Waals surface area contributed by atoms with Gasteiger partial charge in [-0.25, -0.2) is 4.79 Å². The number of nitrogens with zero attached hydrogens (tertiary/aromatic N) is 1. The van der Waals surface area contributed by atoms with Gasteiger partial charge in [-0.15, -0.1) is 0 Å². The van der Waals surface area contributed by atoms with Crippen LogP contribution in [0.4, 0.5) is 4.79 Å². The first-order valence-electron chi connectivity index (χ1n) is 8.73. The predicted molar refractivity (Wildman–Crippen MR) is 106 cm³/mol. The molecule has 1 aliphatic heterocycles. The Morgan fingerprint density at radius 2 is 1.76 bits per heavy atom. The van der Waals surface area contributed by atoms with Gasteiger partial charge < -0.3 is 10.2 Å². The average molecular weight is 399 g/mol. The van der Waals surface area contributed by atoms with E-state index in [2.05, 4.69) is 51.6 Å². The maximum atomic E-state index is 12.3. The Morgan fingerprint density at radius 1 is 1.08 bits per heavy atom. The van der Waals surface area contributed by atoms with Gasteiger partial charge >= 0.3 is 6.03 Å². The molecule has 3 rings (SSSR count). The molecule has 25 heavy (non-hydrogen) atoms. The smallest absolute Gasteiger partial charge is 0.321 e. The number of hydrogen-bond donors (Lipinski definition) is 1. The Balaban J connectivity index is 1.44. The second-order valence-corrected chi connectivity index (χ2v) is 7.28. The summed E-state index contributed by atoms with van der Waals surface area (Å²) in [5, 5.41) is 2.88. The summed E-state index contributed by atoms with van der Waals surface area (Å²) in [5.41, 5.74) is 2.44. The zero-order valence-corrected chi connectivity index (χ0v) is 15.8. The van der Waals surface area contributed by atoms with E-state index in [0.29, 0.717) is 5.92 Å². The molecule has 2 aromatic carbocycles. The summed E-state index contributed by atoms with van der Waals surface area (Å²) >= 11 is 3.50. The zero-order valence-electron chi connectivity index (χ0n) is 14.2. The lowest BCUT2D eigenvalue weighted by Gasteiger charge is -2.31. The van der Waals surface area contributed by atoms with Gasteiger partial charge in [0.15, 0.2) is 0 Å². The number of piperidine rings is 1. The van der Waals surface area contributed by atoms with E-state index < -0.39 is 0 Å². The summed E-state index contributed by atoms with van der Waals surface area (Å²) in [7, 11) is 0. The first-order valence-corrected chi connectivity index (χ1v) is 9.52. The molecule has 4 heteroatoms. The van der Waals surface area contributed by atoms with Crippen LogP contribution in [0.1, 0.15) is 24.0 Å². The van der Waals surface area contributed by atoms with E-state index in [0.717, 1.165) is 42.4 Å². The molecule has 0 radical (unpaired) electrons. The average Bonchev–Trinajstić information content (AvgIpc) is 2.65. The fraction of sp³-hybridized carbons (Fsp3) is 0.286. The van der Waals surface area contributed by atoms with Gasteiger partial charge in [0.05, 0.1) is 0 Å². The molecule has 3 nitrogen and oxygen atoms in total. The first kappa shape index (κ1) is 17.7. The summed E-state index contributed by atoms with van der Waals surface area (Å²) in [5.74, 6) is 0.669. The summed E-state index contributed by atoms with van der Waals surface area (Å²) in [6.45, 7) is 1.65. The standard InChI is InChI=1S/C21H23BrN2O/c22-20-9-5-4-8-19(20)10-13-23-21(25)24-14-11-18(12-15-24)16-17-6-2-1-3-7-17/h1-10,13,18H,11-12,14-16H2,(H,23,25)/b13-10+. The van der Waals surface area contributed by atoms with Crippen molar-refractivity contribution < 1.29 is 4.79 Å². The highest BCUT2D eigenvalue weighted by Crippen LogP contribution is 2.21. The Bertz CT molecular complexity index is 722. The molecule has 0 aliphatic carbocycles. The molecule has 1 aliphatic rings. The van der Waals surface area contributed by atoms with Gasteiger partial charge in [-0.05, 0) is 48.4 Å². The predicted octanol–water partition coefficient (Wildman–Crippen LogP) is 5.08. The third kappa shape index (κ3) is 5.20. The number of carbonyl (C=O) groups is 1. The van der Waals surface area contributed by atoms with Crippen molar-refractivity contribution in [1.29, 1.82) is 0 Å². The number of carbonyl (C=O) groups excluding carboxylic acids is 1. The topological polar surface area (TPSA) is 32.3 Å². The number of halogens is 1. The van der Waals surface area contributed by atoms with Crippen LogP contribution in [-0.2, 0) is 6.42 Å². The second-order valence-electron chi connectivity index (χ2n) is 6.42.